The molecular formula is C23H42Cl2O2Si. The third kappa shape index (κ3) is 22.3. The van der Waals surface area contributed by atoms with Gasteiger partial charge in [-0.05, 0) is 19.8 Å². The third-order valence-corrected chi connectivity index (χ3v) is 6.95. The molecule has 1 unspecified atom stereocenters. The monoisotopic (exact) mass is 448 g/mol. The van der Waals surface area contributed by atoms with Gasteiger partial charge in [-0.3, -0.25) is 0 Å². The van der Waals surface area contributed by atoms with E-state index in [9.17, 15) is 4.79 Å². The normalized spacial score (nSPS) is 12.3. The number of rotatable bonds is 21. The van der Waals surface area contributed by atoms with Crippen molar-refractivity contribution in [3.05, 3.63) is 12.7 Å². The Morgan fingerprint density at radius 3 is 1.61 bits per heavy atom. The fourth-order valence-corrected chi connectivity index (χ4v) is 4.70. The van der Waals surface area contributed by atoms with Gasteiger partial charge >= 0.3 is 5.97 Å². The Morgan fingerprint density at radius 2 is 1.21 bits per heavy atom. The lowest BCUT2D eigenvalue weighted by molar-refractivity contribution is -0.142. The summed E-state index contributed by atoms with van der Waals surface area (Å²) in [5, 5.41) is 0. The van der Waals surface area contributed by atoms with Gasteiger partial charge in [0.15, 0.2) is 0 Å². The number of esters is 1. The average molecular weight is 450 g/mol. The fourth-order valence-electron chi connectivity index (χ4n) is 3.37. The van der Waals surface area contributed by atoms with Crippen LogP contribution in [0, 0.1) is 0 Å². The molecule has 0 aliphatic heterocycles. The molecule has 2 radical (unpaired) electrons. The molecule has 0 heterocycles. The fraction of sp³-hybridized carbons (Fsp3) is 0.870. The number of hydrogen-bond acceptors (Lipinski definition) is 2. The summed E-state index contributed by atoms with van der Waals surface area (Å²) in [5.41, 5.74) is 0. The van der Waals surface area contributed by atoms with Gasteiger partial charge < -0.3 is 4.74 Å². The summed E-state index contributed by atoms with van der Waals surface area (Å²) in [6, 6.07) is 1.20. The maximum atomic E-state index is 11.1. The summed E-state index contributed by atoms with van der Waals surface area (Å²) < 4.78 is 5.02. The number of carbonyl (C=O) groups excluding carboxylic acids is 1. The lowest BCUT2D eigenvalue weighted by atomic mass is 10.0. The molecule has 164 valence electrons. The van der Waals surface area contributed by atoms with E-state index in [-0.39, 0.29) is 16.5 Å². The minimum absolute atomic E-state index is 0.0142. The van der Waals surface area contributed by atoms with E-state index in [2.05, 4.69) is 6.58 Å². The molecule has 0 spiro atoms. The predicted molar refractivity (Wildman–Crippen MR) is 126 cm³/mol. The van der Waals surface area contributed by atoms with Crippen molar-refractivity contribution in [2.75, 3.05) is 0 Å². The van der Waals surface area contributed by atoms with E-state index >= 15 is 0 Å². The predicted octanol–water partition coefficient (Wildman–Crippen LogP) is 8.23. The SMILES string of the molecule is C=CC(=O)OC(C)CCCCCCCCCCCCCCCCC[Si]C(Cl)Cl. The van der Waals surface area contributed by atoms with E-state index in [4.69, 9.17) is 27.9 Å². The molecule has 0 aliphatic carbocycles. The highest BCUT2D eigenvalue weighted by Gasteiger charge is 2.05. The summed E-state index contributed by atoms with van der Waals surface area (Å²) >= 11 is 11.5. The number of carbonyl (C=O) groups is 1. The molecule has 0 saturated carbocycles. The molecule has 0 N–H and O–H groups in total. The number of alkyl halides is 2. The molecule has 5 heteroatoms. The van der Waals surface area contributed by atoms with Crippen LogP contribution in [0.1, 0.15) is 110 Å². The Labute approximate surface area is 187 Å². The Balaban J connectivity index is 3.12. The van der Waals surface area contributed by atoms with Crippen molar-refractivity contribution in [1.29, 1.82) is 0 Å². The molecule has 0 aliphatic rings. The molecule has 0 bridgehead atoms. The molecule has 0 aromatic rings. The van der Waals surface area contributed by atoms with Crippen LogP contribution in [0.4, 0.5) is 0 Å². The largest absolute Gasteiger partial charge is 0.460 e. The van der Waals surface area contributed by atoms with Gasteiger partial charge in [0, 0.05) is 6.08 Å². The maximum Gasteiger partial charge on any atom is 0.330 e. The Kier molecular flexibility index (Phi) is 21.7. The van der Waals surface area contributed by atoms with Gasteiger partial charge in [0.1, 0.15) is 0 Å². The van der Waals surface area contributed by atoms with Gasteiger partial charge in [0.05, 0.1) is 20.1 Å². The van der Waals surface area contributed by atoms with E-state index in [1.54, 1.807) is 0 Å². The smallest absolute Gasteiger partial charge is 0.330 e. The number of hydrogen-bond donors (Lipinski definition) is 0. The molecular weight excluding hydrogens is 407 g/mol. The molecule has 2 nitrogen and oxygen atoms in total. The van der Waals surface area contributed by atoms with E-state index in [0.717, 1.165) is 12.8 Å². The first-order valence-corrected chi connectivity index (χ1v) is 13.6. The molecule has 0 rings (SSSR count). The van der Waals surface area contributed by atoms with Crippen molar-refractivity contribution in [1.82, 2.24) is 0 Å². The summed E-state index contributed by atoms with van der Waals surface area (Å²) in [5.74, 6) is -0.309. The highest BCUT2D eigenvalue weighted by Crippen LogP contribution is 2.15. The summed E-state index contributed by atoms with van der Waals surface area (Å²) in [6.07, 6.45) is 22.4. The second kappa shape index (κ2) is 21.7. The molecule has 0 fully saturated rings. The number of halogens is 2. The molecule has 0 aromatic carbocycles. The first-order valence-electron chi connectivity index (χ1n) is 11.4. The van der Waals surface area contributed by atoms with Gasteiger partial charge in [0.2, 0.25) is 0 Å². The second-order valence-electron chi connectivity index (χ2n) is 7.80. The van der Waals surface area contributed by atoms with Crippen molar-refractivity contribution < 1.29 is 9.53 Å². The molecule has 0 amide bonds. The van der Waals surface area contributed by atoms with Gasteiger partial charge in [-0.2, -0.15) is 0 Å². The lowest BCUT2D eigenvalue weighted by Gasteiger charge is -2.11. The van der Waals surface area contributed by atoms with E-state index in [0.29, 0.717) is 9.52 Å². The second-order valence-corrected chi connectivity index (χ2v) is 11.1. The zero-order chi connectivity index (χ0) is 20.9. The van der Waals surface area contributed by atoms with Crippen LogP contribution in [0.15, 0.2) is 12.7 Å². The Bertz CT molecular complexity index is 365. The van der Waals surface area contributed by atoms with Crippen molar-refractivity contribution in [2.24, 2.45) is 0 Å². The Morgan fingerprint density at radius 1 is 0.821 bits per heavy atom. The van der Waals surface area contributed by atoms with Crippen molar-refractivity contribution in [3.63, 3.8) is 0 Å². The van der Waals surface area contributed by atoms with Crippen LogP contribution in [-0.4, -0.2) is 26.1 Å². The molecule has 1 atom stereocenters. The highest BCUT2D eigenvalue weighted by molar-refractivity contribution is 6.68. The van der Waals surface area contributed by atoms with Crippen LogP contribution in [0.5, 0.6) is 0 Å². The standard InChI is InChI=1S/C23H42Cl2O2Si/c1-3-22(26)27-21(2)19-17-15-13-11-9-7-5-4-6-8-10-12-14-16-18-20-28-23(24)25/h3,21,23H,1,4-20H2,2H3. The van der Waals surface area contributed by atoms with E-state index in [1.807, 2.05) is 6.92 Å². The summed E-state index contributed by atoms with van der Waals surface area (Å²) in [6.45, 7) is 5.38. The van der Waals surface area contributed by atoms with Gasteiger partial charge in [0.25, 0.3) is 0 Å². The quantitative estimate of drug-likeness (QED) is 0.0580. The first-order chi connectivity index (χ1) is 13.6. The molecule has 0 aromatic heterocycles. The van der Waals surface area contributed by atoms with Crippen LogP contribution in [0.2, 0.25) is 6.04 Å². The van der Waals surface area contributed by atoms with Crippen molar-refractivity contribution >= 4 is 38.7 Å². The van der Waals surface area contributed by atoms with Crippen LogP contribution in [0.3, 0.4) is 0 Å². The zero-order valence-electron chi connectivity index (χ0n) is 18.0. The van der Waals surface area contributed by atoms with E-state index in [1.165, 1.54) is 102 Å². The molecule has 28 heavy (non-hydrogen) atoms. The summed E-state index contributed by atoms with van der Waals surface area (Å²) in [4.78, 5) is 11.1. The van der Waals surface area contributed by atoms with Crippen LogP contribution in [-0.2, 0) is 9.53 Å². The molecule has 0 saturated heterocycles. The zero-order valence-corrected chi connectivity index (χ0v) is 20.5. The van der Waals surface area contributed by atoms with Crippen molar-refractivity contribution in [2.45, 2.75) is 126 Å². The summed E-state index contributed by atoms with van der Waals surface area (Å²) in [7, 11) is 0.709. The minimum atomic E-state index is -0.309. The number of ether oxygens (including phenoxy) is 1. The minimum Gasteiger partial charge on any atom is -0.460 e. The van der Waals surface area contributed by atoms with Gasteiger partial charge in [-0.25, -0.2) is 4.79 Å². The van der Waals surface area contributed by atoms with E-state index < -0.39 is 0 Å². The van der Waals surface area contributed by atoms with Crippen LogP contribution in [0.25, 0.3) is 0 Å². The maximum absolute atomic E-state index is 11.1. The van der Waals surface area contributed by atoms with Crippen molar-refractivity contribution in [3.8, 4) is 0 Å². The van der Waals surface area contributed by atoms with Crippen LogP contribution < -0.4 is 0 Å². The topological polar surface area (TPSA) is 26.3 Å². The lowest BCUT2D eigenvalue weighted by Crippen LogP contribution is -2.12. The van der Waals surface area contributed by atoms with Crippen LogP contribution >= 0.6 is 23.2 Å². The Hall–Kier alpha value is 0.00688. The first kappa shape index (κ1) is 28.0. The average Bonchev–Trinajstić information content (AvgIpc) is 2.66. The highest BCUT2D eigenvalue weighted by atomic mass is 35.5. The third-order valence-electron chi connectivity index (χ3n) is 5.07. The van der Waals surface area contributed by atoms with Gasteiger partial charge in [-0.1, -0.05) is 103 Å². The van der Waals surface area contributed by atoms with Gasteiger partial charge in [-0.15, -0.1) is 23.2 Å². The number of unbranched alkanes of at least 4 members (excludes halogenated alkanes) is 14.